The Balaban J connectivity index is 2.38. The maximum Gasteiger partial charge on any atom is 0.154 e. The average molecular weight is 331 g/mol. The summed E-state index contributed by atoms with van der Waals surface area (Å²) in [5.74, 6) is 0. The van der Waals surface area contributed by atoms with Gasteiger partial charge in [-0.3, -0.25) is 0 Å². The van der Waals surface area contributed by atoms with Crippen molar-refractivity contribution in [2.75, 3.05) is 6.26 Å². The Morgan fingerprint density at radius 3 is 2.44 bits per heavy atom. The van der Waals surface area contributed by atoms with Crippen LogP contribution in [0.15, 0.2) is 18.2 Å². The third-order valence-electron chi connectivity index (χ3n) is 3.98. The number of alkyl halides is 1. The van der Waals surface area contributed by atoms with Crippen molar-refractivity contribution < 1.29 is 8.42 Å². The fourth-order valence-corrected chi connectivity index (χ4v) is 4.15. The SMILES string of the molecule is CC(C)(C(Br)c1ccc2c(c1)CCC2)S(C)(=O)=O. The zero-order chi connectivity index (χ0) is 13.6. The Kier molecular flexibility index (Phi) is 3.63. The minimum absolute atomic E-state index is 0.175. The van der Waals surface area contributed by atoms with E-state index >= 15 is 0 Å². The summed E-state index contributed by atoms with van der Waals surface area (Å²) in [5, 5.41) is 0. The maximum atomic E-state index is 11.9. The van der Waals surface area contributed by atoms with Gasteiger partial charge in [0, 0.05) is 6.26 Å². The number of sulfone groups is 1. The van der Waals surface area contributed by atoms with E-state index in [0.29, 0.717) is 0 Å². The van der Waals surface area contributed by atoms with Crippen LogP contribution in [0.2, 0.25) is 0 Å². The normalized spacial score (nSPS) is 17.6. The molecule has 0 heterocycles. The van der Waals surface area contributed by atoms with Crippen LogP contribution in [0.25, 0.3) is 0 Å². The Morgan fingerprint density at radius 2 is 1.83 bits per heavy atom. The van der Waals surface area contributed by atoms with Crippen LogP contribution in [-0.2, 0) is 22.7 Å². The van der Waals surface area contributed by atoms with E-state index in [9.17, 15) is 8.42 Å². The molecule has 0 aliphatic heterocycles. The van der Waals surface area contributed by atoms with E-state index < -0.39 is 14.6 Å². The molecule has 0 radical (unpaired) electrons. The lowest BCUT2D eigenvalue weighted by Gasteiger charge is -2.29. The zero-order valence-corrected chi connectivity index (χ0v) is 13.4. The number of aryl methyl sites for hydroxylation is 2. The molecule has 0 saturated carbocycles. The summed E-state index contributed by atoms with van der Waals surface area (Å²) in [4.78, 5) is -0.175. The van der Waals surface area contributed by atoms with Gasteiger partial charge >= 0.3 is 0 Å². The van der Waals surface area contributed by atoms with E-state index in [2.05, 4.69) is 34.1 Å². The molecule has 1 aromatic rings. The Labute approximate surface area is 118 Å². The predicted molar refractivity (Wildman–Crippen MR) is 79.1 cm³/mol. The highest BCUT2D eigenvalue weighted by molar-refractivity contribution is 9.09. The minimum Gasteiger partial charge on any atom is -0.229 e. The molecule has 100 valence electrons. The van der Waals surface area contributed by atoms with E-state index in [1.165, 1.54) is 23.8 Å². The summed E-state index contributed by atoms with van der Waals surface area (Å²) in [7, 11) is -3.11. The molecule has 4 heteroatoms. The molecular weight excluding hydrogens is 312 g/mol. The summed E-state index contributed by atoms with van der Waals surface area (Å²) in [6.45, 7) is 3.55. The Bertz CT molecular complexity index is 561. The van der Waals surface area contributed by atoms with Crippen LogP contribution in [0, 0.1) is 0 Å². The smallest absolute Gasteiger partial charge is 0.154 e. The Hall–Kier alpha value is -0.350. The third kappa shape index (κ3) is 2.37. The van der Waals surface area contributed by atoms with Crippen LogP contribution in [-0.4, -0.2) is 19.4 Å². The van der Waals surface area contributed by atoms with Gasteiger partial charge in [0.25, 0.3) is 0 Å². The van der Waals surface area contributed by atoms with Gasteiger partial charge in [-0.2, -0.15) is 0 Å². The van der Waals surface area contributed by atoms with Gasteiger partial charge in [0.15, 0.2) is 9.84 Å². The van der Waals surface area contributed by atoms with Crippen molar-refractivity contribution in [3.63, 3.8) is 0 Å². The number of fused-ring (bicyclic) bond motifs is 1. The highest BCUT2D eigenvalue weighted by Crippen LogP contribution is 2.40. The van der Waals surface area contributed by atoms with Crippen LogP contribution in [0.3, 0.4) is 0 Å². The highest BCUT2D eigenvalue weighted by atomic mass is 79.9. The van der Waals surface area contributed by atoms with Gasteiger partial charge in [-0.25, -0.2) is 8.42 Å². The van der Waals surface area contributed by atoms with Crippen LogP contribution in [0.1, 0.15) is 41.8 Å². The van der Waals surface area contributed by atoms with Crippen LogP contribution < -0.4 is 0 Å². The van der Waals surface area contributed by atoms with Gasteiger partial charge in [0.1, 0.15) is 0 Å². The first-order valence-electron chi connectivity index (χ1n) is 6.19. The lowest BCUT2D eigenvalue weighted by Crippen LogP contribution is -2.35. The largest absolute Gasteiger partial charge is 0.229 e. The molecule has 0 amide bonds. The molecule has 1 atom stereocenters. The zero-order valence-electron chi connectivity index (χ0n) is 11.0. The number of benzene rings is 1. The van der Waals surface area contributed by atoms with Crippen molar-refractivity contribution in [2.24, 2.45) is 0 Å². The molecule has 18 heavy (non-hydrogen) atoms. The Morgan fingerprint density at radius 1 is 1.22 bits per heavy atom. The molecule has 2 rings (SSSR count). The van der Waals surface area contributed by atoms with E-state index in [1.807, 2.05) is 0 Å². The molecule has 0 N–H and O–H groups in total. The summed E-state index contributed by atoms with van der Waals surface area (Å²) >= 11 is 3.57. The van der Waals surface area contributed by atoms with Crippen LogP contribution in [0.4, 0.5) is 0 Å². The van der Waals surface area contributed by atoms with Crippen LogP contribution >= 0.6 is 15.9 Å². The van der Waals surface area contributed by atoms with Crippen molar-refractivity contribution >= 4 is 25.8 Å². The first-order chi connectivity index (χ1) is 8.23. The van der Waals surface area contributed by atoms with E-state index in [0.717, 1.165) is 18.4 Å². The first kappa shape index (κ1) is 14.1. The standard InChI is InChI=1S/C14H19BrO2S/c1-14(2,18(3,16)17)13(15)12-8-7-10-5-4-6-11(10)9-12/h7-9,13H,4-6H2,1-3H3. The van der Waals surface area contributed by atoms with Gasteiger partial charge in [-0.05, 0) is 49.8 Å². The molecule has 1 aromatic carbocycles. The number of hydrogen-bond acceptors (Lipinski definition) is 2. The van der Waals surface area contributed by atoms with Gasteiger partial charge in [0.2, 0.25) is 0 Å². The van der Waals surface area contributed by atoms with Gasteiger partial charge < -0.3 is 0 Å². The number of halogens is 1. The van der Waals surface area contributed by atoms with Gasteiger partial charge in [-0.15, -0.1) is 0 Å². The highest BCUT2D eigenvalue weighted by Gasteiger charge is 2.38. The van der Waals surface area contributed by atoms with Crippen molar-refractivity contribution in [3.8, 4) is 0 Å². The van der Waals surface area contributed by atoms with Crippen LogP contribution in [0.5, 0.6) is 0 Å². The van der Waals surface area contributed by atoms with E-state index in [4.69, 9.17) is 0 Å². The first-order valence-corrected chi connectivity index (χ1v) is 8.99. The second-order valence-corrected chi connectivity index (χ2v) is 9.13. The monoisotopic (exact) mass is 330 g/mol. The average Bonchev–Trinajstić information content (AvgIpc) is 2.73. The molecule has 1 aliphatic rings. The lowest BCUT2D eigenvalue weighted by molar-refractivity contribution is 0.548. The minimum atomic E-state index is -3.11. The maximum absolute atomic E-state index is 11.9. The fourth-order valence-electron chi connectivity index (χ4n) is 2.34. The summed E-state index contributed by atoms with van der Waals surface area (Å²) < 4.78 is 22.9. The predicted octanol–water partition coefficient (Wildman–Crippen LogP) is 3.43. The van der Waals surface area contributed by atoms with Gasteiger partial charge in [0.05, 0.1) is 9.57 Å². The van der Waals surface area contributed by atoms with Crippen molar-refractivity contribution in [2.45, 2.75) is 42.7 Å². The molecule has 1 unspecified atom stereocenters. The molecule has 0 fully saturated rings. The summed E-state index contributed by atoms with van der Waals surface area (Å²) in [6.07, 6.45) is 4.77. The summed E-state index contributed by atoms with van der Waals surface area (Å²) in [6, 6.07) is 6.36. The topological polar surface area (TPSA) is 34.1 Å². The van der Waals surface area contributed by atoms with Crippen molar-refractivity contribution in [1.29, 1.82) is 0 Å². The fraction of sp³-hybridized carbons (Fsp3) is 0.571. The summed E-state index contributed by atoms with van der Waals surface area (Å²) in [5.41, 5.74) is 3.85. The van der Waals surface area contributed by atoms with Gasteiger partial charge in [-0.1, -0.05) is 34.1 Å². The molecule has 1 aliphatic carbocycles. The van der Waals surface area contributed by atoms with E-state index in [-0.39, 0.29) is 4.83 Å². The molecule has 0 saturated heterocycles. The van der Waals surface area contributed by atoms with Crippen molar-refractivity contribution in [3.05, 3.63) is 34.9 Å². The molecular formula is C14H19BrO2S. The molecule has 0 bridgehead atoms. The number of hydrogen-bond donors (Lipinski definition) is 0. The molecule has 0 spiro atoms. The second-order valence-electron chi connectivity index (χ2n) is 5.62. The number of rotatable bonds is 3. The van der Waals surface area contributed by atoms with Crippen molar-refractivity contribution in [1.82, 2.24) is 0 Å². The van der Waals surface area contributed by atoms with E-state index in [1.54, 1.807) is 13.8 Å². The lowest BCUT2D eigenvalue weighted by atomic mass is 9.98. The quantitative estimate of drug-likeness (QED) is 0.795. The second kappa shape index (κ2) is 4.64. The molecule has 0 aromatic heterocycles. The third-order valence-corrected chi connectivity index (χ3v) is 8.10. The molecule has 2 nitrogen and oxygen atoms in total.